The summed E-state index contributed by atoms with van der Waals surface area (Å²) in [4.78, 5) is 0. The zero-order valence-electron chi connectivity index (χ0n) is 9.52. The third kappa shape index (κ3) is 3.14. The SMILES string of the molecule is Cc1ccccc1CSCc1ccccc1. The highest BCUT2D eigenvalue weighted by Gasteiger charge is 1.97. The summed E-state index contributed by atoms with van der Waals surface area (Å²) in [7, 11) is 0. The smallest absolute Gasteiger partial charge is 0.0190 e. The van der Waals surface area contributed by atoms with Crippen LogP contribution in [0.1, 0.15) is 16.7 Å². The lowest BCUT2D eigenvalue weighted by molar-refractivity contribution is 1.30. The second-order valence-electron chi connectivity index (χ2n) is 3.90. The van der Waals surface area contributed by atoms with Gasteiger partial charge in [0.1, 0.15) is 0 Å². The highest BCUT2D eigenvalue weighted by atomic mass is 32.2. The van der Waals surface area contributed by atoms with Crippen LogP contribution >= 0.6 is 11.8 Å². The molecule has 0 aliphatic carbocycles. The first-order valence-corrected chi connectivity index (χ1v) is 6.68. The van der Waals surface area contributed by atoms with Gasteiger partial charge in [-0.15, -0.1) is 0 Å². The Labute approximate surface area is 102 Å². The topological polar surface area (TPSA) is 0 Å². The minimum Gasteiger partial charge on any atom is -0.152 e. The second-order valence-corrected chi connectivity index (χ2v) is 4.89. The van der Waals surface area contributed by atoms with E-state index in [0.29, 0.717) is 0 Å². The number of aryl methyl sites for hydroxylation is 1. The lowest BCUT2D eigenvalue weighted by Gasteiger charge is -2.05. The molecule has 0 aliphatic heterocycles. The summed E-state index contributed by atoms with van der Waals surface area (Å²) in [5.74, 6) is 2.19. The van der Waals surface area contributed by atoms with E-state index >= 15 is 0 Å². The Kier molecular flexibility index (Phi) is 4.06. The molecule has 0 aromatic heterocycles. The molecule has 0 bridgehead atoms. The Bertz CT molecular complexity index is 434. The summed E-state index contributed by atoms with van der Waals surface area (Å²) in [6.45, 7) is 2.18. The van der Waals surface area contributed by atoms with Crippen LogP contribution < -0.4 is 0 Å². The van der Waals surface area contributed by atoms with Crippen LogP contribution in [0.2, 0.25) is 0 Å². The fourth-order valence-electron chi connectivity index (χ4n) is 1.63. The Hall–Kier alpha value is -1.21. The zero-order chi connectivity index (χ0) is 11.2. The Morgan fingerprint density at radius 1 is 0.812 bits per heavy atom. The zero-order valence-corrected chi connectivity index (χ0v) is 10.3. The van der Waals surface area contributed by atoms with E-state index in [9.17, 15) is 0 Å². The van der Waals surface area contributed by atoms with Gasteiger partial charge in [-0.05, 0) is 23.6 Å². The van der Waals surface area contributed by atoms with Gasteiger partial charge < -0.3 is 0 Å². The van der Waals surface area contributed by atoms with E-state index in [1.165, 1.54) is 16.7 Å². The van der Waals surface area contributed by atoms with Crippen molar-refractivity contribution < 1.29 is 0 Å². The molecule has 0 atom stereocenters. The van der Waals surface area contributed by atoms with Crippen molar-refractivity contribution in [3.63, 3.8) is 0 Å². The fourth-order valence-corrected chi connectivity index (χ4v) is 2.70. The van der Waals surface area contributed by atoms with E-state index in [4.69, 9.17) is 0 Å². The highest BCUT2D eigenvalue weighted by molar-refractivity contribution is 7.97. The van der Waals surface area contributed by atoms with Crippen LogP contribution in [0, 0.1) is 6.92 Å². The quantitative estimate of drug-likeness (QED) is 0.746. The maximum absolute atomic E-state index is 2.22. The molecule has 0 N–H and O–H groups in total. The molecule has 0 amide bonds. The Morgan fingerprint density at radius 2 is 1.50 bits per heavy atom. The van der Waals surface area contributed by atoms with Crippen molar-refractivity contribution in [2.24, 2.45) is 0 Å². The predicted octanol–water partition coefficient (Wildman–Crippen LogP) is 4.43. The number of thioether (sulfide) groups is 1. The fraction of sp³-hybridized carbons (Fsp3) is 0.200. The van der Waals surface area contributed by atoms with Crippen molar-refractivity contribution in [2.45, 2.75) is 18.4 Å². The molecule has 0 aliphatic rings. The van der Waals surface area contributed by atoms with Crippen LogP contribution in [0.3, 0.4) is 0 Å². The van der Waals surface area contributed by atoms with Crippen molar-refractivity contribution in [2.75, 3.05) is 0 Å². The largest absolute Gasteiger partial charge is 0.152 e. The molecule has 0 nitrogen and oxygen atoms in total. The first-order valence-electron chi connectivity index (χ1n) is 5.52. The van der Waals surface area contributed by atoms with Gasteiger partial charge in [0.05, 0.1) is 0 Å². The van der Waals surface area contributed by atoms with E-state index in [0.717, 1.165) is 11.5 Å². The molecule has 2 aromatic carbocycles. The summed E-state index contributed by atoms with van der Waals surface area (Å²) >= 11 is 1.97. The van der Waals surface area contributed by atoms with E-state index in [1.54, 1.807) is 0 Å². The Balaban J connectivity index is 1.87. The van der Waals surface area contributed by atoms with Crippen LogP contribution in [-0.2, 0) is 11.5 Å². The number of hydrogen-bond donors (Lipinski definition) is 0. The van der Waals surface area contributed by atoms with E-state index in [2.05, 4.69) is 61.5 Å². The van der Waals surface area contributed by atoms with Gasteiger partial charge in [-0.2, -0.15) is 11.8 Å². The number of hydrogen-bond acceptors (Lipinski definition) is 1. The molecular weight excluding hydrogens is 212 g/mol. The lowest BCUT2D eigenvalue weighted by atomic mass is 10.1. The van der Waals surface area contributed by atoms with E-state index in [-0.39, 0.29) is 0 Å². The summed E-state index contributed by atoms with van der Waals surface area (Å²) in [6, 6.07) is 19.2. The van der Waals surface area contributed by atoms with Gasteiger partial charge in [-0.1, -0.05) is 54.6 Å². The first kappa shape index (κ1) is 11.3. The van der Waals surface area contributed by atoms with Crippen molar-refractivity contribution in [1.29, 1.82) is 0 Å². The average molecular weight is 228 g/mol. The second kappa shape index (κ2) is 5.76. The van der Waals surface area contributed by atoms with Gasteiger partial charge in [0.15, 0.2) is 0 Å². The third-order valence-electron chi connectivity index (χ3n) is 2.63. The molecule has 0 fully saturated rings. The van der Waals surface area contributed by atoms with Gasteiger partial charge in [0.2, 0.25) is 0 Å². The summed E-state index contributed by atoms with van der Waals surface area (Å²) in [5.41, 5.74) is 4.24. The monoisotopic (exact) mass is 228 g/mol. The Morgan fingerprint density at radius 3 is 2.25 bits per heavy atom. The van der Waals surface area contributed by atoms with Gasteiger partial charge in [-0.3, -0.25) is 0 Å². The molecule has 0 saturated carbocycles. The minimum absolute atomic E-state index is 1.09. The molecular formula is C15H16S. The van der Waals surface area contributed by atoms with Crippen LogP contribution in [0.5, 0.6) is 0 Å². The van der Waals surface area contributed by atoms with Crippen LogP contribution in [0.25, 0.3) is 0 Å². The average Bonchev–Trinajstić information content (AvgIpc) is 2.33. The van der Waals surface area contributed by atoms with E-state index < -0.39 is 0 Å². The number of rotatable bonds is 4. The molecule has 0 radical (unpaired) electrons. The van der Waals surface area contributed by atoms with Crippen LogP contribution in [0.15, 0.2) is 54.6 Å². The third-order valence-corrected chi connectivity index (χ3v) is 3.68. The molecule has 0 spiro atoms. The normalized spacial score (nSPS) is 10.3. The number of benzene rings is 2. The van der Waals surface area contributed by atoms with E-state index in [1.807, 2.05) is 11.8 Å². The van der Waals surface area contributed by atoms with Gasteiger partial charge in [0.25, 0.3) is 0 Å². The molecule has 0 heterocycles. The molecule has 1 heteroatoms. The summed E-state index contributed by atoms with van der Waals surface area (Å²) < 4.78 is 0. The molecule has 2 aromatic rings. The molecule has 2 rings (SSSR count). The lowest BCUT2D eigenvalue weighted by Crippen LogP contribution is -1.86. The van der Waals surface area contributed by atoms with Crippen molar-refractivity contribution in [3.8, 4) is 0 Å². The van der Waals surface area contributed by atoms with Gasteiger partial charge in [0, 0.05) is 11.5 Å². The molecule has 82 valence electrons. The molecule has 16 heavy (non-hydrogen) atoms. The molecule has 0 unspecified atom stereocenters. The van der Waals surface area contributed by atoms with Crippen molar-refractivity contribution in [1.82, 2.24) is 0 Å². The van der Waals surface area contributed by atoms with Crippen LogP contribution in [-0.4, -0.2) is 0 Å². The minimum atomic E-state index is 1.09. The van der Waals surface area contributed by atoms with Crippen molar-refractivity contribution in [3.05, 3.63) is 71.3 Å². The van der Waals surface area contributed by atoms with Crippen molar-refractivity contribution >= 4 is 11.8 Å². The maximum Gasteiger partial charge on any atom is 0.0190 e. The summed E-state index contributed by atoms with van der Waals surface area (Å²) in [6.07, 6.45) is 0. The maximum atomic E-state index is 2.22. The molecule has 0 saturated heterocycles. The predicted molar refractivity (Wildman–Crippen MR) is 72.6 cm³/mol. The first-order chi connectivity index (χ1) is 7.86. The van der Waals surface area contributed by atoms with Gasteiger partial charge >= 0.3 is 0 Å². The van der Waals surface area contributed by atoms with Gasteiger partial charge in [-0.25, -0.2) is 0 Å². The highest BCUT2D eigenvalue weighted by Crippen LogP contribution is 2.19. The summed E-state index contributed by atoms with van der Waals surface area (Å²) in [5, 5.41) is 0. The van der Waals surface area contributed by atoms with Crippen LogP contribution in [0.4, 0.5) is 0 Å². The standard InChI is InChI=1S/C15H16S/c1-13-7-5-6-10-15(13)12-16-11-14-8-3-2-4-9-14/h2-10H,11-12H2,1H3.